The van der Waals surface area contributed by atoms with Crippen molar-refractivity contribution in [3.63, 3.8) is 0 Å². The van der Waals surface area contributed by atoms with Gasteiger partial charge in [-0.2, -0.15) is 0 Å². The van der Waals surface area contributed by atoms with Crippen LogP contribution in [0.25, 0.3) is 0 Å². The van der Waals surface area contributed by atoms with Crippen LogP contribution < -0.4 is 5.84 Å². The van der Waals surface area contributed by atoms with Gasteiger partial charge < -0.3 is 4.90 Å². The summed E-state index contributed by atoms with van der Waals surface area (Å²) in [5.74, 6) is 5.86. The third-order valence-electron chi connectivity index (χ3n) is 3.80. The molecule has 0 aromatic carbocycles. The largest absolute Gasteiger partial charge is 0.305 e. The number of likely N-dealkylation sites (tertiary alicyclic amines) is 1. The third kappa shape index (κ3) is 0.934. The summed E-state index contributed by atoms with van der Waals surface area (Å²) in [5, 5.41) is 1.98. The predicted octanol–water partition coefficient (Wildman–Crippen LogP) is 0.134. The van der Waals surface area contributed by atoms with Gasteiger partial charge in [0.2, 0.25) is 0 Å². The molecule has 2 aliphatic heterocycles. The van der Waals surface area contributed by atoms with Gasteiger partial charge in [-0.25, -0.2) is 5.01 Å². The highest BCUT2D eigenvalue weighted by Crippen LogP contribution is 2.49. The standard InChI is InChI=1S/C9H19N3/c1-8-4-11(3)5-9(8,2)7-12(10)6-8/h4-7,10H2,1-3H3/t8-,9+. The first kappa shape index (κ1) is 8.48. The monoisotopic (exact) mass is 169 g/mol. The Morgan fingerprint density at radius 2 is 1.42 bits per heavy atom. The normalized spacial score (nSPS) is 50.0. The number of hydrogen-bond acceptors (Lipinski definition) is 3. The first-order valence-corrected chi connectivity index (χ1v) is 4.63. The van der Waals surface area contributed by atoms with Gasteiger partial charge in [0.25, 0.3) is 0 Å². The summed E-state index contributed by atoms with van der Waals surface area (Å²) in [6.07, 6.45) is 0. The van der Waals surface area contributed by atoms with Gasteiger partial charge in [0.15, 0.2) is 0 Å². The van der Waals surface area contributed by atoms with E-state index in [-0.39, 0.29) is 0 Å². The van der Waals surface area contributed by atoms with E-state index in [0.29, 0.717) is 10.8 Å². The third-order valence-corrected chi connectivity index (χ3v) is 3.80. The lowest BCUT2D eigenvalue weighted by molar-refractivity contribution is 0.212. The molecule has 3 heteroatoms. The Balaban J connectivity index is 2.27. The molecule has 0 aromatic heterocycles. The molecule has 2 saturated heterocycles. The van der Waals surface area contributed by atoms with Gasteiger partial charge >= 0.3 is 0 Å². The van der Waals surface area contributed by atoms with Gasteiger partial charge in [-0.15, -0.1) is 0 Å². The molecular formula is C9H19N3. The van der Waals surface area contributed by atoms with Crippen molar-refractivity contribution in [2.45, 2.75) is 13.8 Å². The zero-order valence-corrected chi connectivity index (χ0v) is 8.30. The van der Waals surface area contributed by atoms with Crippen LogP contribution >= 0.6 is 0 Å². The van der Waals surface area contributed by atoms with Crippen LogP contribution in [-0.2, 0) is 0 Å². The highest BCUT2D eigenvalue weighted by Gasteiger charge is 2.55. The van der Waals surface area contributed by atoms with Crippen LogP contribution in [0.4, 0.5) is 0 Å². The van der Waals surface area contributed by atoms with Crippen molar-refractivity contribution in [3.8, 4) is 0 Å². The van der Waals surface area contributed by atoms with Crippen LogP contribution in [0, 0.1) is 10.8 Å². The molecule has 0 unspecified atom stereocenters. The van der Waals surface area contributed by atoms with Crippen LogP contribution in [0.1, 0.15) is 13.8 Å². The summed E-state index contributed by atoms with van der Waals surface area (Å²) < 4.78 is 0. The molecule has 0 aliphatic carbocycles. The van der Waals surface area contributed by atoms with Gasteiger partial charge in [-0.3, -0.25) is 5.84 Å². The van der Waals surface area contributed by atoms with Crippen molar-refractivity contribution in [1.29, 1.82) is 0 Å². The Kier molecular flexibility index (Phi) is 1.57. The van der Waals surface area contributed by atoms with E-state index in [1.807, 2.05) is 5.01 Å². The summed E-state index contributed by atoms with van der Waals surface area (Å²) >= 11 is 0. The van der Waals surface area contributed by atoms with E-state index >= 15 is 0 Å². The van der Waals surface area contributed by atoms with E-state index in [1.165, 1.54) is 13.1 Å². The van der Waals surface area contributed by atoms with Gasteiger partial charge in [-0.05, 0) is 7.05 Å². The molecule has 0 radical (unpaired) electrons. The van der Waals surface area contributed by atoms with Gasteiger partial charge in [0.1, 0.15) is 0 Å². The maximum atomic E-state index is 5.86. The maximum absolute atomic E-state index is 5.86. The highest BCUT2D eigenvalue weighted by atomic mass is 15.4. The Hall–Kier alpha value is -0.120. The molecule has 0 spiro atoms. The first-order chi connectivity index (χ1) is 5.45. The number of fused-ring (bicyclic) bond motifs is 1. The quantitative estimate of drug-likeness (QED) is 0.523. The molecule has 70 valence electrons. The van der Waals surface area contributed by atoms with E-state index in [2.05, 4.69) is 25.8 Å². The molecule has 2 atom stereocenters. The predicted molar refractivity (Wildman–Crippen MR) is 49.5 cm³/mol. The fourth-order valence-electron chi connectivity index (χ4n) is 3.06. The van der Waals surface area contributed by atoms with E-state index in [1.54, 1.807) is 0 Å². The zero-order chi connectivity index (χ0) is 8.98. The van der Waals surface area contributed by atoms with Crippen LogP contribution in [0.5, 0.6) is 0 Å². The van der Waals surface area contributed by atoms with E-state index in [4.69, 9.17) is 5.84 Å². The van der Waals surface area contributed by atoms with Crippen LogP contribution in [0.2, 0.25) is 0 Å². The summed E-state index contributed by atoms with van der Waals surface area (Å²) in [5.41, 5.74) is 0.826. The van der Waals surface area contributed by atoms with Crippen LogP contribution in [0.3, 0.4) is 0 Å². The second kappa shape index (κ2) is 2.22. The van der Waals surface area contributed by atoms with Crippen LogP contribution in [-0.4, -0.2) is 43.1 Å². The second-order valence-electron chi connectivity index (χ2n) is 5.20. The second-order valence-corrected chi connectivity index (χ2v) is 5.20. The molecule has 0 saturated carbocycles. The SMILES string of the molecule is CN1C[C@@]2(C)CN(N)C[C@@]2(C)C1. The highest BCUT2D eigenvalue weighted by molar-refractivity contribution is 5.07. The number of hydrogen-bond donors (Lipinski definition) is 1. The van der Waals surface area contributed by atoms with Crippen LogP contribution in [0.15, 0.2) is 0 Å². The van der Waals surface area contributed by atoms with Crippen molar-refractivity contribution in [3.05, 3.63) is 0 Å². The fraction of sp³-hybridized carbons (Fsp3) is 1.00. The summed E-state index contributed by atoms with van der Waals surface area (Å²) in [6.45, 7) is 9.21. The van der Waals surface area contributed by atoms with Crippen molar-refractivity contribution in [1.82, 2.24) is 9.91 Å². The molecule has 0 amide bonds. The van der Waals surface area contributed by atoms with E-state index < -0.39 is 0 Å². The molecule has 2 fully saturated rings. The maximum Gasteiger partial charge on any atom is 0.0201 e. The molecule has 2 heterocycles. The Morgan fingerprint density at radius 3 is 1.83 bits per heavy atom. The van der Waals surface area contributed by atoms with Gasteiger partial charge in [0.05, 0.1) is 0 Å². The summed E-state index contributed by atoms with van der Waals surface area (Å²) in [7, 11) is 2.20. The minimum atomic E-state index is 0.413. The minimum absolute atomic E-state index is 0.413. The molecule has 12 heavy (non-hydrogen) atoms. The molecule has 2 N–H and O–H groups in total. The van der Waals surface area contributed by atoms with Gasteiger partial charge in [0, 0.05) is 37.0 Å². The smallest absolute Gasteiger partial charge is 0.0201 e. The zero-order valence-electron chi connectivity index (χ0n) is 8.30. The van der Waals surface area contributed by atoms with Crippen molar-refractivity contribution < 1.29 is 0 Å². The lowest BCUT2D eigenvalue weighted by Crippen LogP contribution is -2.34. The van der Waals surface area contributed by atoms with E-state index in [9.17, 15) is 0 Å². The minimum Gasteiger partial charge on any atom is -0.305 e. The number of nitrogens with two attached hydrogens (primary N) is 1. The lowest BCUT2D eigenvalue weighted by Gasteiger charge is -2.30. The summed E-state index contributed by atoms with van der Waals surface area (Å²) in [6, 6.07) is 0. The van der Waals surface area contributed by atoms with Crippen molar-refractivity contribution in [2.75, 3.05) is 33.2 Å². The molecule has 0 aromatic rings. The molecule has 3 nitrogen and oxygen atoms in total. The topological polar surface area (TPSA) is 32.5 Å². The lowest BCUT2D eigenvalue weighted by atomic mass is 9.71. The average molecular weight is 169 g/mol. The van der Waals surface area contributed by atoms with Gasteiger partial charge in [-0.1, -0.05) is 13.8 Å². The van der Waals surface area contributed by atoms with Crippen molar-refractivity contribution >= 4 is 0 Å². The molecular weight excluding hydrogens is 150 g/mol. The average Bonchev–Trinajstić information content (AvgIpc) is 2.09. The first-order valence-electron chi connectivity index (χ1n) is 4.63. The number of hydrazine groups is 1. The summed E-state index contributed by atoms with van der Waals surface area (Å²) in [4.78, 5) is 2.42. The fourth-order valence-corrected chi connectivity index (χ4v) is 3.06. The Labute approximate surface area is 74.5 Å². The molecule has 2 rings (SSSR count). The number of rotatable bonds is 0. The Morgan fingerprint density at radius 1 is 1.00 bits per heavy atom. The number of nitrogens with zero attached hydrogens (tertiary/aromatic N) is 2. The molecule has 2 aliphatic rings. The van der Waals surface area contributed by atoms with E-state index in [0.717, 1.165) is 13.1 Å². The molecule has 0 bridgehead atoms. The Bertz CT molecular complexity index is 168. The van der Waals surface area contributed by atoms with Crippen molar-refractivity contribution in [2.24, 2.45) is 16.7 Å².